The maximum absolute atomic E-state index is 13.2. The summed E-state index contributed by atoms with van der Waals surface area (Å²) >= 11 is 6.05. The summed E-state index contributed by atoms with van der Waals surface area (Å²) in [4.78, 5) is 38.8. The lowest BCUT2D eigenvalue weighted by Gasteiger charge is -2.16. The van der Waals surface area contributed by atoms with Crippen LogP contribution in [0.3, 0.4) is 0 Å². The summed E-state index contributed by atoms with van der Waals surface area (Å²) in [5.41, 5.74) is 1.29. The lowest BCUT2D eigenvalue weighted by molar-refractivity contribution is 0.0465. The molecular formula is C26H20ClNO5. The number of ketones is 1. The van der Waals surface area contributed by atoms with E-state index in [0.717, 1.165) is 0 Å². The van der Waals surface area contributed by atoms with Gasteiger partial charge in [0.1, 0.15) is 11.4 Å². The highest BCUT2D eigenvalue weighted by Crippen LogP contribution is 2.31. The molecule has 3 aromatic carbocycles. The van der Waals surface area contributed by atoms with Crippen molar-refractivity contribution in [1.29, 1.82) is 0 Å². The summed E-state index contributed by atoms with van der Waals surface area (Å²) in [5.74, 6) is -0.642. The number of hydrogen-bond donors (Lipinski definition) is 0. The monoisotopic (exact) mass is 461 g/mol. The van der Waals surface area contributed by atoms with E-state index in [1.54, 1.807) is 72.8 Å². The molecule has 0 aliphatic heterocycles. The van der Waals surface area contributed by atoms with Gasteiger partial charge < -0.3 is 14.0 Å². The minimum Gasteiger partial charge on any atom is -0.497 e. The summed E-state index contributed by atoms with van der Waals surface area (Å²) in [7, 11) is 3.01. The highest BCUT2D eigenvalue weighted by molar-refractivity contribution is 6.30. The van der Waals surface area contributed by atoms with Crippen LogP contribution in [-0.4, -0.2) is 30.0 Å². The van der Waals surface area contributed by atoms with Gasteiger partial charge in [-0.2, -0.15) is 0 Å². The number of esters is 1. The van der Waals surface area contributed by atoms with E-state index in [1.165, 1.54) is 18.7 Å². The number of halogens is 1. The van der Waals surface area contributed by atoms with Crippen molar-refractivity contribution in [3.8, 4) is 16.9 Å². The van der Waals surface area contributed by atoms with Gasteiger partial charge in [0.15, 0.2) is 12.4 Å². The van der Waals surface area contributed by atoms with Gasteiger partial charge in [0, 0.05) is 28.6 Å². The van der Waals surface area contributed by atoms with Crippen molar-refractivity contribution in [2.45, 2.75) is 0 Å². The van der Waals surface area contributed by atoms with E-state index >= 15 is 0 Å². The molecule has 7 heteroatoms. The molecule has 0 saturated carbocycles. The number of pyridine rings is 1. The summed E-state index contributed by atoms with van der Waals surface area (Å²) in [6.07, 6.45) is 0. The predicted octanol–water partition coefficient (Wildman–Crippen LogP) is 4.91. The highest BCUT2D eigenvalue weighted by atomic mass is 35.5. The lowest BCUT2D eigenvalue weighted by atomic mass is 9.97. The first-order valence-electron chi connectivity index (χ1n) is 10.1. The molecular weight excluding hydrogens is 442 g/mol. The quantitative estimate of drug-likeness (QED) is 0.301. The third kappa shape index (κ3) is 4.38. The number of rotatable bonds is 6. The highest BCUT2D eigenvalue weighted by Gasteiger charge is 2.24. The minimum atomic E-state index is -0.776. The minimum absolute atomic E-state index is 0.0551. The Bertz CT molecular complexity index is 1420. The number of Topliss-reactive ketones (excluding diaryl/α,β-unsaturated/α-hetero) is 1. The molecule has 0 aliphatic carbocycles. The molecule has 0 bridgehead atoms. The first-order valence-corrected chi connectivity index (χ1v) is 10.5. The van der Waals surface area contributed by atoms with Crippen molar-refractivity contribution in [3.63, 3.8) is 0 Å². The molecule has 6 nitrogen and oxygen atoms in total. The lowest BCUT2D eigenvalue weighted by Crippen LogP contribution is -2.27. The largest absolute Gasteiger partial charge is 0.497 e. The predicted molar refractivity (Wildman–Crippen MR) is 127 cm³/mol. The van der Waals surface area contributed by atoms with Gasteiger partial charge in [-0.1, -0.05) is 54.1 Å². The Morgan fingerprint density at radius 2 is 1.64 bits per heavy atom. The average Bonchev–Trinajstić information content (AvgIpc) is 2.85. The number of hydrogen-bond acceptors (Lipinski definition) is 5. The molecule has 1 aromatic heterocycles. The molecule has 0 amide bonds. The Morgan fingerprint density at radius 1 is 0.939 bits per heavy atom. The number of carbonyl (C=O) groups excluding carboxylic acids is 2. The average molecular weight is 462 g/mol. The van der Waals surface area contributed by atoms with Crippen LogP contribution in [0.1, 0.15) is 20.8 Å². The van der Waals surface area contributed by atoms with Crippen molar-refractivity contribution in [1.82, 2.24) is 4.57 Å². The van der Waals surface area contributed by atoms with Crippen LogP contribution in [0.5, 0.6) is 5.75 Å². The molecule has 0 saturated heterocycles. The zero-order chi connectivity index (χ0) is 23.5. The first-order chi connectivity index (χ1) is 15.9. The van der Waals surface area contributed by atoms with Crippen LogP contribution >= 0.6 is 11.6 Å². The van der Waals surface area contributed by atoms with Crippen molar-refractivity contribution in [3.05, 3.63) is 99.4 Å². The summed E-state index contributed by atoms with van der Waals surface area (Å²) in [6.45, 7) is -0.479. The van der Waals surface area contributed by atoms with Crippen molar-refractivity contribution < 1.29 is 19.1 Å². The van der Waals surface area contributed by atoms with Gasteiger partial charge in [-0.15, -0.1) is 0 Å². The number of aromatic nitrogens is 1. The van der Waals surface area contributed by atoms with E-state index in [1.807, 2.05) is 0 Å². The SMILES string of the molecule is COc1cccc(C(=O)COC(=O)c2c(-c3ccc(Cl)cc3)c3ccccc3c(=O)n2C)c1. The molecule has 166 valence electrons. The Kier molecular flexibility index (Phi) is 6.29. The molecule has 1 heterocycles. The van der Waals surface area contributed by atoms with E-state index < -0.39 is 12.6 Å². The van der Waals surface area contributed by atoms with Crippen LogP contribution in [0.15, 0.2) is 77.6 Å². The summed E-state index contributed by atoms with van der Waals surface area (Å²) < 4.78 is 11.8. The second-order valence-electron chi connectivity index (χ2n) is 7.37. The smallest absolute Gasteiger partial charge is 0.356 e. The first kappa shape index (κ1) is 22.3. The molecule has 0 N–H and O–H groups in total. The second kappa shape index (κ2) is 9.30. The Morgan fingerprint density at radius 3 is 2.33 bits per heavy atom. The Labute approximate surface area is 194 Å². The fourth-order valence-corrected chi connectivity index (χ4v) is 3.82. The van der Waals surface area contributed by atoms with Gasteiger partial charge in [-0.05, 0) is 41.3 Å². The maximum Gasteiger partial charge on any atom is 0.356 e. The zero-order valence-corrected chi connectivity index (χ0v) is 18.8. The van der Waals surface area contributed by atoms with Gasteiger partial charge in [-0.3, -0.25) is 9.59 Å². The molecule has 4 aromatic rings. The fourth-order valence-electron chi connectivity index (χ4n) is 3.69. The molecule has 0 atom stereocenters. The third-order valence-electron chi connectivity index (χ3n) is 5.36. The van der Waals surface area contributed by atoms with Crippen molar-refractivity contribution >= 4 is 34.1 Å². The van der Waals surface area contributed by atoms with Crippen LogP contribution in [0.4, 0.5) is 0 Å². The fraction of sp³-hybridized carbons (Fsp3) is 0.115. The molecule has 0 fully saturated rings. The molecule has 4 rings (SSSR count). The second-order valence-corrected chi connectivity index (χ2v) is 7.81. The number of ether oxygens (including phenoxy) is 2. The van der Waals surface area contributed by atoms with E-state index in [-0.39, 0.29) is 17.0 Å². The molecule has 0 aliphatic rings. The van der Waals surface area contributed by atoms with Crippen molar-refractivity contribution in [2.75, 3.05) is 13.7 Å². The van der Waals surface area contributed by atoms with E-state index in [0.29, 0.717) is 38.2 Å². The maximum atomic E-state index is 13.2. The van der Waals surface area contributed by atoms with Gasteiger partial charge in [0.05, 0.1) is 7.11 Å². The summed E-state index contributed by atoms with van der Waals surface area (Å²) in [5, 5.41) is 1.61. The van der Waals surface area contributed by atoms with Crippen LogP contribution in [0.25, 0.3) is 21.9 Å². The van der Waals surface area contributed by atoms with Crippen LogP contribution in [0.2, 0.25) is 5.02 Å². The number of carbonyl (C=O) groups is 2. The zero-order valence-electron chi connectivity index (χ0n) is 18.0. The Hall–Kier alpha value is -3.90. The number of benzene rings is 3. The molecule has 0 unspecified atom stereocenters. The number of methoxy groups -OCH3 is 1. The third-order valence-corrected chi connectivity index (χ3v) is 5.61. The Balaban J connectivity index is 1.76. The topological polar surface area (TPSA) is 74.6 Å². The number of nitrogens with zero attached hydrogens (tertiary/aromatic N) is 1. The normalized spacial score (nSPS) is 10.8. The van der Waals surface area contributed by atoms with E-state index in [4.69, 9.17) is 21.1 Å². The van der Waals surface area contributed by atoms with Gasteiger partial charge in [0.25, 0.3) is 5.56 Å². The van der Waals surface area contributed by atoms with Gasteiger partial charge in [-0.25, -0.2) is 4.79 Å². The molecule has 0 spiro atoms. The number of fused-ring (bicyclic) bond motifs is 1. The van der Waals surface area contributed by atoms with Gasteiger partial charge >= 0.3 is 5.97 Å². The van der Waals surface area contributed by atoms with Gasteiger partial charge in [0.2, 0.25) is 0 Å². The van der Waals surface area contributed by atoms with Crippen LogP contribution in [-0.2, 0) is 11.8 Å². The van der Waals surface area contributed by atoms with Crippen LogP contribution < -0.4 is 10.3 Å². The van der Waals surface area contributed by atoms with Crippen molar-refractivity contribution in [2.24, 2.45) is 7.05 Å². The molecule has 0 radical (unpaired) electrons. The van der Waals surface area contributed by atoms with E-state index in [2.05, 4.69) is 0 Å². The standard InChI is InChI=1S/C26H20ClNO5/c1-28-24(26(31)33-15-22(29)17-6-5-7-19(14-17)32-2)23(16-10-12-18(27)13-11-16)20-8-3-4-9-21(20)25(28)30/h3-14H,15H2,1-2H3. The molecule has 33 heavy (non-hydrogen) atoms. The van der Waals surface area contributed by atoms with E-state index in [9.17, 15) is 14.4 Å². The van der Waals surface area contributed by atoms with Crippen LogP contribution in [0, 0.1) is 0 Å². The summed E-state index contributed by atoms with van der Waals surface area (Å²) in [6, 6.07) is 20.6.